The first kappa shape index (κ1) is 62.4. The maximum atomic E-state index is 15.2. The Kier molecular flexibility index (Phi) is 29.7. The Hall–Kier alpha value is -6.64. The van der Waals surface area contributed by atoms with Crippen LogP contribution in [0, 0.1) is 24.1 Å². The van der Waals surface area contributed by atoms with Crippen LogP contribution < -0.4 is 38.1 Å². The molecule has 0 fully saturated rings. The molecular weight excluding hydrogens is 921 g/mol. The van der Waals surface area contributed by atoms with Crippen LogP contribution in [0.4, 0.5) is 18.4 Å². The summed E-state index contributed by atoms with van der Waals surface area (Å²) in [7, 11) is 1.97. The van der Waals surface area contributed by atoms with Crippen molar-refractivity contribution < 1.29 is 47.1 Å². The Morgan fingerprint density at radius 3 is 2.18 bits per heavy atom. The van der Waals surface area contributed by atoms with Crippen LogP contribution in [0.1, 0.15) is 103 Å². The summed E-state index contributed by atoms with van der Waals surface area (Å²) in [5.41, 5.74) is 12.7. The van der Waals surface area contributed by atoms with Gasteiger partial charge in [0.2, 0.25) is 24.1 Å². The largest absolute Gasteiger partial charge is 0.439 e. The number of unbranched alkanes of at least 4 members (excludes halogenated alkanes) is 2. The first-order valence-corrected chi connectivity index (χ1v) is 23.9. The van der Waals surface area contributed by atoms with Gasteiger partial charge in [0.15, 0.2) is 6.61 Å². The van der Waals surface area contributed by atoms with E-state index in [1.165, 1.54) is 18.0 Å². The molecule has 71 heavy (non-hydrogen) atoms. The Morgan fingerprint density at radius 1 is 0.901 bits per heavy atom. The number of carbonyl (C=O) groups is 7. The van der Waals surface area contributed by atoms with E-state index in [1.807, 2.05) is 69.5 Å². The number of aromatic nitrogens is 2. The number of aryl methyl sites for hydroxylation is 1. The van der Waals surface area contributed by atoms with Crippen LogP contribution in [-0.4, -0.2) is 134 Å². The van der Waals surface area contributed by atoms with Crippen molar-refractivity contribution in [1.29, 1.82) is 0 Å². The van der Waals surface area contributed by atoms with Crippen LogP contribution in [0.5, 0.6) is 0 Å². The molecule has 8 amide bonds. The van der Waals surface area contributed by atoms with E-state index in [0.717, 1.165) is 30.4 Å². The lowest BCUT2D eigenvalue weighted by atomic mass is 9.84. The second-order valence-corrected chi connectivity index (χ2v) is 18.1. The van der Waals surface area contributed by atoms with E-state index in [0.29, 0.717) is 69.7 Å². The van der Waals surface area contributed by atoms with Crippen molar-refractivity contribution in [3.05, 3.63) is 77.5 Å². The van der Waals surface area contributed by atoms with Gasteiger partial charge in [-0.2, -0.15) is 0 Å². The number of imidazole rings is 1. The molecule has 0 aliphatic heterocycles. The number of carbonyl (C=O) groups excluding carboxylic acids is 7. The zero-order chi connectivity index (χ0) is 53.5. The number of urea groups is 1. The van der Waals surface area contributed by atoms with Crippen LogP contribution in [0.25, 0.3) is 11.3 Å². The van der Waals surface area contributed by atoms with Crippen LogP contribution in [0.3, 0.4) is 0 Å². The van der Waals surface area contributed by atoms with E-state index in [-0.39, 0.29) is 44.4 Å². The third-order valence-electron chi connectivity index (χ3n) is 10.6. The van der Waals surface area contributed by atoms with Gasteiger partial charge in [-0.1, -0.05) is 89.9 Å². The number of hydrogen-bond donors (Lipinski definition) is 7. The van der Waals surface area contributed by atoms with Crippen LogP contribution >= 0.6 is 0 Å². The Bertz CT molecular complexity index is 2100. The van der Waals surface area contributed by atoms with Gasteiger partial charge in [-0.05, 0) is 68.2 Å². The van der Waals surface area contributed by atoms with Gasteiger partial charge >= 0.3 is 12.1 Å². The molecule has 21 heteroatoms. The lowest BCUT2D eigenvalue weighted by Crippen LogP contribution is -2.51. The smallest absolute Gasteiger partial charge is 0.410 e. The lowest BCUT2D eigenvalue weighted by molar-refractivity contribution is -0.140. The van der Waals surface area contributed by atoms with Crippen molar-refractivity contribution in [2.75, 3.05) is 66.6 Å². The number of benzene rings is 2. The van der Waals surface area contributed by atoms with Gasteiger partial charge in [0, 0.05) is 64.5 Å². The first-order chi connectivity index (χ1) is 33.7. The van der Waals surface area contributed by atoms with Crippen molar-refractivity contribution in [2.24, 2.45) is 22.8 Å². The van der Waals surface area contributed by atoms with Crippen LogP contribution in [0.15, 0.2) is 54.7 Å². The van der Waals surface area contributed by atoms with E-state index in [2.05, 4.69) is 26.6 Å². The number of primary amides is 1. The number of nitrogens with two attached hydrogens (primary N) is 2. The lowest BCUT2D eigenvalue weighted by Gasteiger charge is -2.40. The zero-order valence-corrected chi connectivity index (χ0v) is 43.1. The fourth-order valence-corrected chi connectivity index (χ4v) is 7.06. The molecule has 396 valence electrons. The molecule has 19 nitrogen and oxygen atoms in total. The molecule has 0 saturated heterocycles. The molecule has 3 rings (SSSR count). The highest BCUT2D eigenvalue weighted by atomic mass is 19.1. The monoisotopic (exact) mass is 1000 g/mol. The topological polar surface area (TPSA) is 265 Å². The van der Waals surface area contributed by atoms with Gasteiger partial charge in [-0.3, -0.25) is 28.4 Å². The number of hydrogen-bond acceptors (Lipinski definition) is 10. The highest BCUT2D eigenvalue weighted by Crippen LogP contribution is 2.39. The third kappa shape index (κ3) is 23.7. The molecule has 1 heterocycles. The van der Waals surface area contributed by atoms with Crippen LogP contribution in [0.2, 0.25) is 0 Å². The van der Waals surface area contributed by atoms with E-state index in [9.17, 15) is 38.0 Å². The second kappa shape index (κ2) is 33.8. The molecule has 2 atom stereocenters. The average Bonchev–Trinajstić information content (AvgIpc) is 3.73. The molecule has 0 aliphatic rings. The molecule has 2 aromatic carbocycles. The van der Waals surface area contributed by atoms with Crippen molar-refractivity contribution in [1.82, 2.24) is 45.9 Å². The SMILES string of the molecule is CCCNC(N)=O.CF.Cc1ccc(F)c(-c2cn(Cc3ccccc3)c(C(N(CCCN)C(=O)COC(=O)N(C)CCNC(=O)CNC(=O)C(NC(=O)CCCCCNC=O)C(C)C)C(C)(C)C)n2)c1. The summed E-state index contributed by atoms with van der Waals surface area (Å²) >= 11 is 0. The van der Waals surface area contributed by atoms with E-state index < -0.39 is 59.8 Å². The van der Waals surface area contributed by atoms with E-state index in [1.54, 1.807) is 37.1 Å². The van der Waals surface area contributed by atoms with Crippen molar-refractivity contribution in [3.8, 4) is 11.3 Å². The number of nitrogens with zero attached hydrogens (tertiary/aromatic N) is 4. The van der Waals surface area contributed by atoms with Crippen LogP contribution in [-0.2, 0) is 35.3 Å². The third-order valence-corrected chi connectivity index (χ3v) is 10.6. The highest BCUT2D eigenvalue weighted by molar-refractivity contribution is 5.90. The minimum atomic E-state index is -0.836. The Labute approximate surface area is 417 Å². The number of amides is 8. The molecule has 0 radical (unpaired) electrons. The van der Waals surface area contributed by atoms with Crippen molar-refractivity contribution >= 4 is 42.2 Å². The Morgan fingerprint density at radius 2 is 1.59 bits per heavy atom. The average molecular weight is 1000 g/mol. The minimum absolute atomic E-state index is 0.0314. The molecule has 9 N–H and O–H groups in total. The number of ether oxygens (including phenoxy) is 1. The maximum Gasteiger partial charge on any atom is 0.410 e. The Balaban J connectivity index is 0.00000256. The molecule has 0 spiro atoms. The summed E-state index contributed by atoms with van der Waals surface area (Å²) in [5, 5.41) is 12.9. The minimum Gasteiger partial charge on any atom is -0.439 e. The summed E-state index contributed by atoms with van der Waals surface area (Å²) in [5.74, 6) is -1.87. The summed E-state index contributed by atoms with van der Waals surface area (Å²) in [6.07, 6.45) is 5.35. The quantitative estimate of drug-likeness (QED) is 0.0409. The van der Waals surface area contributed by atoms with Gasteiger partial charge in [0.25, 0.3) is 5.91 Å². The first-order valence-electron chi connectivity index (χ1n) is 23.9. The number of nitrogens with one attached hydrogen (secondary N) is 5. The van der Waals surface area contributed by atoms with Crippen molar-refractivity contribution in [2.45, 2.75) is 106 Å². The number of rotatable bonds is 27. The number of likely N-dealkylation sites (N-methyl/N-ethyl adjacent to an activating group) is 1. The normalized spacial score (nSPS) is 11.6. The molecule has 2 unspecified atom stereocenters. The van der Waals surface area contributed by atoms with E-state index >= 15 is 4.39 Å². The molecule has 0 bridgehead atoms. The summed E-state index contributed by atoms with van der Waals surface area (Å²) in [4.78, 5) is 93.1. The summed E-state index contributed by atoms with van der Waals surface area (Å²) in [6, 6.07) is 12.7. The molecular formula is C50H79F2N11O8. The summed E-state index contributed by atoms with van der Waals surface area (Å²) in [6.45, 7) is 14.7. The predicted molar refractivity (Wildman–Crippen MR) is 270 cm³/mol. The fourth-order valence-electron chi connectivity index (χ4n) is 7.06. The standard InChI is InChI=1S/C45H66FN9O7.C4H10N2O.CH3F/c1-31(2)40(52-37(57)17-12-9-13-21-48-30-56)43(60)50-26-38(58)49-22-24-53(7)44(61)62-29-39(59)55(23-14-20-47)41(45(4,5)6)42-51-36(34-25-32(3)18-19-35(34)46)28-54(42)27-33-15-10-8-11-16-33;1-2-3-6-4(5)7;1-2/h8,10-11,15-16,18-19,25,28,30-31,40-41H,9,12-14,17,20-24,26-27,29,47H2,1-7H3,(H,48,56)(H,49,58)(H,50,60)(H,52,57);2-3H2,1H3,(H3,5,6,7);1H3. The molecule has 0 aliphatic carbocycles. The number of alkyl halides is 1. The maximum absolute atomic E-state index is 15.2. The molecule has 0 saturated carbocycles. The van der Waals surface area contributed by atoms with Gasteiger partial charge in [0.05, 0.1) is 25.5 Å². The summed E-state index contributed by atoms with van der Waals surface area (Å²) < 4.78 is 32.2. The van der Waals surface area contributed by atoms with Gasteiger partial charge in [-0.25, -0.2) is 19.0 Å². The van der Waals surface area contributed by atoms with Gasteiger partial charge < -0.3 is 57.2 Å². The second-order valence-electron chi connectivity index (χ2n) is 18.1. The van der Waals surface area contributed by atoms with Crippen molar-refractivity contribution in [3.63, 3.8) is 0 Å². The fraction of sp³-hybridized carbons (Fsp3) is 0.560. The number of halogens is 2. The predicted octanol–water partition coefficient (Wildman–Crippen LogP) is 4.71. The van der Waals surface area contributed by atoms with Gasteiger partial charge in [0.1, 0.15) is 17.7 Å². The molecule has 3 aromatic rings. The highest BCUT2D eigenvalue weighted by Gasteiger charge is 2.39. The van der Waals surface area contributed by atoms with E-state index in [4.69, 9.17) is 21.2 Å². The van der Waals surface area contributed by atoms with Gasteiger partial charge in [-0.15, -0.1) is 0 Å². The molecule has 1 aromatic heterocycles. The zero-order valence-electron chi connectivity index (χ0n) is 43.1.